The number of carbonyl (C=O) groups excluding carboxylic acids is 2. The van der Waals surface area contributed by atoms with Crippen LogP contribution in [0.2, 0.25) is 0 Å². The standard InChI is InChI=1S/C5H8Br2N2O2/c6-1-5(7)2-9(4-11)8-3-10/h3-5H,1-2H2,(H,8,10). The Morgan fingerprint density at radius 1 is 1.55 bits per heavy atom. The van der Waals surface area contributed by atoms with Crippen molar-refractivity contribution in [1.29, 1.82) is 0 Å². The molecule has 6 heteroatoms. The van der Waals surface area contributed by atoms with E-state index in [1.807, 2.05) is 0 Å². The molecule has 0 spiro atoms. The maximum atomic E-state index is 10.2. The Labute approximate surface area is 81.5 Å². The summed E-state index contributed by atoms with van der Waals surface area (Å²) >= 11 is 6.50. The molecule has 64 valence electrons. The molecular weight excluding hydrogens is 280 g/mol. The molecule has 11 heavy (non-hydrogen) atoms. The van der Waals surface area contributed by atoms with Gasteiger partial charge in [0, 0.05) is 10.2 Å². The van der Waals surface area contributed by atoms with E-state index >= 15 is 0 Å². The molecule has 2 amide bonds. The van der Waals surface area contributed by atoms with Gasteiger partial charge in [-0.25, -0.2) is 0 Å². The highest BCUT2D eigenvalue weighted by molar-refractivity contribution is 9.12. The first-order chi connectivity index (χ1) is 5.24. The summed E-state index contributed by atoms with van der Waals surface area (Å²) in [6, 6.07) is 0. The van der Waals surface area contributed by atoms with Crippen LogP contribution >= 0.6 is 31.9 Å². The van der Waals surface area contributed by atoms with Crippen molar-refractivity contribution in [2.24, 2.45) is 0 Å². The third-order valence-electron chi connectivity index (χ3n) is 0.908. The van der Waals surface area contributed by atoms with Crippen LogP contribution < -0.4 is 5.43 Å². The van der Waals surface area contributed by atoms with E-state index in [1.165, 1.54) is 0 Å². The molecule has 1 atom stereocenters. The SMILES string of the molecule is O=CNN(C=O)CC(Br)CBr. The Morgan fingerprint density at radius 2 is 2.18 bits per heavy atom. The molecule has 0 aromatic heterocycles. The number of amides is 2. The molecular formula is C5H8Br2N2O2. The summed E-state index contributed by atoms with van der Waals surface area (Å²) in [7, 11) is 0. The van der Waals surface area contributed by atoms with E-state index in [-0.39, 0.29) is 4.83 Å². The predicted octanol–water partition coefficient (Wildman–Crippen LogP) is 0.264. The average molecular weight is 288 g/mol. The van der Waals surface area contributed by atoms with Crippen molar-refractivity contribution in [2.75, 3.05) is 11.9 Å². The Morgan fingerprint density at radius 3 is 2.55 bits per heavy atom. The van der Waals surface area contributed by atoms with E-state index in [0.717, 1.165) is 10.3 Å². The van der Waals surface area contributed by atoms with E-state index in [2.05, 4.69) is 37.3 Å². The van der Waals surface area contributed by atoms with Crippen molar-refractivity contribution in [3.05, 3.63) is 0 Å². The molecule has 0 aliphatic heterocycles. The highest BCUT2D eigenvalue weighted by Crippen LogP contribution is 2.03. The summed E-state index contributed by atoms with van der Waals surface area (Å²) in [5.74, 6) is 0. The molecule has 0 saturated heterocycles. The molecule has 4 nitrogen and oxygen atoms in total. The third kappa shape index (κ3) is 5.20. The molecule has 0 bridgehead atoms. The van der Waals surface area contributed by atoms with Crippen molar-refractivity contribution in [3.63, 3.8) is 0 Å². The predicted molar refractivity (Wildman–Crippen MR) is 48.5 cm³/mol. The summed E-state index contributed by atoms with van der Waals surface area (Å²) in [6.07, 6.45) is 1.02. The number of alkyl halides is 2. The Balaban J connectivity index is 3.66. The first-order valence-corrected chi connectivity index (χ1v) is 4.90. The molecule has 0 rings (SSSR count). The van der Waals surface area contributed by atoms with Gasteiger partial charge in [0.2, 0.25) is 12.8 Å². The van der Waals surface area contributed by atoms with Crippen molar-refractivity contribution in [1.82, 2.24) is 10.4 Å². The van der Waals surface area contributed by atoms with Crippen LogP contribution in [0.25, 0.3) is 0 Å². The van der Waals surface area contributed by atoms with Crippen molar-refractivity contribution in [2.45, 2.75) is 4.83 Å². The molecule has 0 fully saturated rings. The lowest BCUT2D eigenvalue weighted by Crippen LogP contribution is -2.40. The number of nitrogens with one attached hydrogen (secondary N) is 1. The summed E-state index contributed by atoms with van der Waals surface area (Å²) in [4.78, 5) is 20.3. The summed E-state index contributed by atoms with van der Waals surface area (Å²) < 4.78 is 0. The van der Waals surface area contributed by atoms with Gasteiger partial charge in [0.05, 0.1) is 6.54 Å². The lowest BCUT2D eigenvalue weighted by molar-refractivity contribution is -0.126. The van der Waals surface area contributed by atoms with Gasteiger partial charge in [-0.15, -0.1) is 0 Å². The number of hydrogen-bond acceptors (Lipinski definition) is 2. The maximum Gasteiger partial charge on any atom is 0.228 e. The zero-order valence-corrected chi connectivity index (χ0v) is 8.84. The van der Waals surface area contributed by atoms with Crippen LogP contribution in [0.3, 0.4) is 0 Å². The Hall–Kier alpha value is -0.100. The number of hydrogen-bond donors (Lipinski definition) is 1. The molecule has 0 heterocycles. The second kappa shape index (κ2) is 6.60. The van der Waals surface area contributed by atoms with Crippen LogP contribution in [0.4, 0.5) is 0 Å². The molecule has 0 aliphatic rings. The first-order valence-electron chi connectivity index (χ1n) is 2.86. The van der Waals surface area contributed by atoms with Crippen LogP contribution in [0, 0.1) is 0 Å². The minimum absolute atomic E-state index is 0.139. The van der Waals surface area contributed by atoms with Gasteiger partial charge in [-0.2, -0.15) is 0 Å². The molecule has 0 aromatic rings. The largest absolute Gasteiger partial charge is 0.277 e. The van der Waals surface area contributed by atoms with E-state index in [1.54, 1.807) is 0 Å². The van der Waals surface area contributed by atoms with Crippen molar-refractivity contribution >= 4 is 44.7 Å². The van der Waals surface area contributed by atoms with Gasteiger partial charge in [0.15, 0.2) is 0 Å². The Bertz CT molecular complexity index is 134. The molecule has 0 aromatic carbocycles. The van der Waals surface area contributed by atoms with Gasteiger partial charge in [-0.3, -0.25) is 20.0 Å². The van der Waals surface area contributed by atoms with Gasteiger partial charge < -0.3 is 0 Å². The van der Waals surface area contributed by atoms with Crippen LogP contribution in [-0.2, 0) is 9.59 Å². The zero-order chi connectivity index (χ0) is 8.69. The van der Waals surface area contributed by atoms with Crippen molar-refractivity contribution < 1.29 is 9.59 Å². The lowest BCUT2D eigenvalue weighted by Gasteiger charge is -2.17. The molecule has 0 aliphatic carbocycles. The monoisotopic (exact) mass is 286 g/mol. The van der Waals surface area contributed by atoms with Crippen LogP contribution in [0.1, 0.15) is 0 Å². The fourth-order valence-corrected chi connectivity index (χ4v) is 0.973. The van der Waals surface area contributed by atoms with Gasteiger partial charge in [-0.05, 0) is 0 Å². The number of hydrazine groups is 1. The smallest absolute Gasteiger partial charge is 0.228 e. The third-order valence-corrected chi connectivity index (χ3v) is 3.17. The fourth-order valence-electron chi connectivity index (χ4n) is 0.456. The highest BCUT2D eigenvalue weighted by Gasteiger charge is 2.06. The normalized spacial score (nSPS) is 11.8. The van der Waals surface area contributed by atoms with Gasteiger partial charge >= 0.3 is 0 Å². The van der Waals surface area contributed by atoms with Crippen LogP contribution in [0.15, 0.2) is 0 Å². The Kier molecular flexibility index (Phi) is 6.54. The molecule has 1 N–H and O–H groups in total. The maximum absolute atomic E-state index is 10.2. The topological polar surface area (TPSA) is 49.4 Å². The second-order valence-electron chi connectivity index (χ2n) is 1.76. The molecule has 0 radical (unpaired) electrons. The van der Waals surface area contributed by atoms with Crippen molar-refractivity contribution in [3.8, 4) is 0 Å². The summed E-state index contributed by atoms with van der Waals surface area (Å²) in [5.41, 5.74) is 2.23. The number of carbonyl (C=O) groups is 2. The second-order valence-corrected chi connectivity index (χ2v) is 3.70. The fraction of sp³-hybridized carbons (Fsp3) is 0.600. The van der Waals surface area contributed by atoms with E-state index in [9.17, 15) is 9.59 Å². The van der Waals surface area contributed by atoms with E-state index in [0.29, 0.717) is 19.4 Å². The van der Waals surface area contributed by atoms with Gasteiger partial charge in [0.1, 0.15) is 0 Å². The van der Waals surface area contributed by atoms with E-state index < -0.39 is 0 Å². The van der Waals surface area contributed by atoms with Crippen LogP contribution in [0.5, 0.6) is 0 Å². The number of nitrogens with zero attached hydrogens (tertiary/aromatic N) is 1. The first kappa shape index (κ1) is 10.9. The number of rotatable bonds is 6. The minimum Gasteiger partial charge on any atom is -0.277 e. The average Bonchev–Trinajstić information content (AvgIpc) is 2.03. The molecule has 0 saturated carbocycles. The van der Waals surface area contributed by atoms with Crippen LogP contribution in [-0.4, -0.2) is 34.5 Å². The highest BCUT2D eigenvalue weighted by atomic mass is 79.9. The zero-order valence-electron chi connectivity index (χ0n) is 5.67. The quantitative estimate of drug-likeness (QED) is 0.433. The van der Waals surface area contributed by atoms with E-state index in [4.69, 9.17) is 0 Å². The minimum atomic E-state index is 0.139. The lowest BCUT2D eigenvalue weighted by atomic mass is 10.5. The summed E-state index contributed by atoms with van der Waals surface area (Å²) in [5, 5.41) is 1.88. The van der Waals surface area contributed by atoms with Gasteiger partial charge in [0.25, 0.3) is 0 Å². The van der Waals surface area contributed by atoms with Gasteiger partial charge in [-0.1, -0.05) is 31.9 Å². The molecule has 1 unspecified atom stereocenters. The number of halogens is 2. The summed E-state index contributed by atoms with van der Waals surface area (Å²) in [6.45, 7) is 0.438.